The summed E-state index contributed by atoms with van der Waals surface area (Å²) in [6, 6.07) is 1.73. The van der Waals surface area contributed by atoms with Crippen molar-refractivity contribution in [1.29, 1.82) is 0 Å². The maximum Gasteiger partial charge on any atom is 0.410 e. The van der Waals surface area contributed by atoms with E-state index < -0.39 is 17.4 Å². The number of aromatic nitrogens is 1. The van der Waals surface area contributed by atoms with Gasteiger partial charge in [0.25, 0.3) is 0 Å². The Morgan fingerprint density at radius 1 is 1.41 bits per heavy atom. The number of carbonyl (C=O) groups is 1. The van der Waals surface area contributed by atoms with Crippen LogP contribution in [0.5, 0.6) is 0 Å². The normalized spacial score (nSPS) is 18.1. The third-order valence-corrected chi connectivity index (χ3v) is 3.73. The van der Waals surface area contributed by atoms with Gasteiger partial charge in [-0.1, -0.05) is 11.5 Å². The number of hydrogen-bond donors (Lipinski definition) is 0. The standard InChI is InChI=1S/C16H22BFN2O2/c1-11-9-12(17)10-19-13(11)16(18)5-7-20(8-6-16)14(21)22-15(2,3)4/h9-10H,5-8H2,1-4H3. The number of amides is 1. The molecule has 1 fully saturated rings. The zero-order valence-corrected chi connectivity index (χ0v) is 13.6. The zero-order chi connectivity index (χ0) is 16.5. The number of halogens is 1. The number of carbonyl (C=O) groups excluding carboxylic acids is 1. The predicted molar refractivity (Wildman–Crippen MR) is 84.2 cm³/mol. The van der Waals surface area contributed by atoms with Crippen LogP contribution in [0.2, 0.25) is 0 Å². The van der Waals surface area contributed by atoms with E-state index in [9.17, 15) is 4.79 Å². The molecule has 0 bridgehead atoms. The Hall–Kier alpha value is -1.59. The van der Waals surface area contributed by atoms with E-state index in [2.05, 4.69) is 4.98 Å². The smallest absolute Gasteiger partial charge is 0.410 e. The lowest BCUT2D eigenvalue weighted by molar-refractivity contribution is 0.00114. The van der Waals surface area contributed by atoms with Gasteiger partial charge in [-0.2, -0.15) is 0 Å². The molecule has 0 atom stereocenters. The average Bonchev–Trinajstić information content (AvgIpc) is 2.36. The number of alkyl halides is 1. The molecule has 6 heteroatoms. The highest BCUT2D eigenvalue weighted by Gasteiger charge is 2.40. The minimum Gasteiger partial charge on any atom is -0.444 e. The molecular weight excluding hydrogens is 282 g/mol. The van der Waals surface area contributed by atoms with Gasteiger partial charge >= 0.3 is 6.09 Å². The van der Waals surface area contributed by atoms with Crippen LogP contribution in [0.1, 0.15) is 44.9 Å². The summed E-state index contributed by atoms with van der Waals surface area (Å²) in [6.07, 6.45) is 1.51. The summed E-state index contributed by atoms with van der Waals surface area (Å²) in [5.41, 5.74) is -0.373. The first-order valence-corrected chi connectivity index (χ1v) is 7.50. The predicted octanol–water partition coefficient (Wildman–Crippen LogP) is 2.38. The molecule has 0 N–H and O–H groups in total. The lowest BCUT2D eigenvalue weighted by Gasteiger charge is -2.37. The van der Waals surface area contributed by atoms with Crippen molar-refractivity contribution in [3.63, 3.8) is 0 Å². The highest BCUT2D eigenvalue weighted by Crippen LogP contribution is 2.37. The van der Waals surface area contributed by atoms with Crippen LogP contribution in [0.3, 0.4) is 0 Å². The number of likely N-dealkylation sites (tertiary alicyclic amines) is 1. The van der Waals surface area contributed by atoms with Crippen molar-refractivity contribution in [2.75, 3.05) is 13.1 Å². The molecule has 0 saturated carbocycles. The van der Waals surface area contributed by atoms with Crippen molar-refractivity contribution in [1.82, 2.24) is 9.88 Å². The maximum atomic E-state index is 15.2. The van der Waals surface area contributed by atoms with Gasteiger partial charge in [-0.25, -0.2) is 9.18 Å². The third kappa shape index (κ3) is 3.78. The first kappa shape index (κ1) is 16.8. The van der Waals surface area contributed by atoms with Crippen molar-refractivity contribution in [3.8, 4) is 0 Å². The average molecular weight is 304 g/mol. The molecule has 0 aliphatic carbocycles. The van der Waals surface area contributed by atoms with Crippen LogP contribution in [0.4, 0.5) is 9.18 Å². The van der Waals surface area contributed by atoms with E-state index in [4.69, 9.17) is 12.6 Å². The second-order valence-electron chi connectivity index (χ2n) is 6.87. The highest BCUT2D eigenvalue weighted by molar-refractivity contribution is 6.32. The van der Waals surface area contributed by atoms with Gasteiger partial charge in [0.1, 0.15) is 13.4 Å². The lowest BCUT2D eigenvalue weighted by atomic mass is 9.86. The Balaban J connectivity index is 2.06. The molecular formula is C16H22BFN2O2. The third-order valence-electron chi connectivity index (χ3n) is 3.73. The molecule has 0 aromatic carbocycles. The molecule has 22 heavy (non-hydrogen) atoms. The minimum absolute atomic E-state index is 0.212. The molecule has 4 nitrogen and oxygen atoms in total. The van der Waals surface area contributed by atoms with E-state index in [1.807, 2.05) is 20.8 Å². The summed E-state index contributed by atoms with van der Waals surface area (Å²) in [5.74, 6) is 0. The largest absolute Gasteiger partial charge is 0.444 e. The molecule has 2 rings (SSSR count). The first-order valence-electron chi connectivity index (χ1n) is 7.50. The molecule has 1 aromatic heterocycles. The summed E-state index contributed by atoms with van der Waals surface area (Å²) in [5, 5.41) is 0. The number of pyridine rings is 1. The van der Waals surface area contributed by atoms with Crippen molar-refractivity contribution in [2.45, 2.75) is 51.8 Å². The number of aryl methyl sites for hydroxylation is 1. The molecule has 1 aromatic rings. The number of nitrogens with zero attached hydrogens (tertiary/aromatic N) is 2. The van der Waals surface area contributed by atoms with Crippen LogP contribution < -0.4 is 5.46 Å². The van der Waals surface area contributed by atoms with Crippen LogP contribution in [0.25, 0.3) is 0 Å². The van der Waals surface area contributed by atoms with Gasteiger partial charge in [-0.05, 0) is 33.3 Å². The number of ether oxygens (including phenoxy) is 1. The fourth-order valence-electron chi connectivity index (χ4n) is 2.67. The zero-order valence-electron chi connectivity index (χ0n) is 13.6. The molecule has 0 spiro atoms. The van der Waals surface area contributed by atoms with Crippen molar-refractivity contribution in [2.24, 2.45) is 0 Å². The van der Waals surface area contributed by atoms with Gasteiger partial charge in [0.05, 0.1) is 5.69 Å². The van der Waals surface area contributed by atoms with E-state index in [0.29, 0.717) is 24.2 Å². The maximum absolute atomic E-state index is 15.2. The fraction of sp³-hybridized carbons (Fsp3) is 0.625. The van der Waals surface area contributed by atoms with Crippen molar-refractivity contribution in [3.05, 3.63) is 23.5 Å². The second-order valence-corrected chi connectivity index (χ2v) is 6.87. The Labute approximate surface area is 132 Å². The topological polar surface area (TPSA) is 42.4 Å². The minimum atomic E-state index is -1.52. The van der Waals surface area contributed by atoms with Gasteiger partial charge in [-0.15, -0.1) is 0 Å². The SMILES string of the molecule is [B]c1cnc(C2(F)CCN(C(=O)OC(C)(C)C)CC2)c(C)c1. The van der Waals surface area contributed by atoms with Gasteiger partial charge in [0, 0.05) is 32.1 Å². The monoisotopic (exact) mass is 304 g/mol. The van der Waals surface area contributed by atoms with E-state index in [-0.39, 0.29) is 12.8 Å². The van der Waals surface area contributed by atoms with E-state index in [0.717, 1.165) is 5.56 Å². The molecule has 2 heterocycles. The molecule has 0 unspecified atom stereocenters. The quantitative estimate of drug-likeness (QED) is 0.748. The fourth-order valence-corrected chi connectivity index (χ4v) is 2.67. The van der Waals surface area contributed by atoms with Crippen LogP contribution >= 0.6 is 0 Å². The molecule has 2 radical (unpaired) electrons. The molecule has 118 valence electrons. The van der Waals surface area contributed by atoms with Crippen LogP contribution in [-0.2, 0) is 10.4 Å². The summed E-state index contributed by atoms with van der Waals surface area (Å²) >= 11 is 0. The van der Waals surface area contributed by atoms with Crippen LogP contribution in [0, 0.1) is 6.92 Å². The Kier molecular flexibility index (Phi) is 4.50. The molecule has 1 saturated heterocycles. The van der Waals surface area contributed by atoms with Gasteiger partial charge in [-0.3, -0.25) is 4.98 Å². The van der Waals surface area contributed by atoms with E-state index >= 15 is 4.39 Å². The van der Waals surface area contributed by atoms with Crippen LogP contribution in [-0.4, -0.2) is 42.5 Å². The summed E-state index contributed by atoms with van der Waals surface area (Å²) < 4.78 is 20.5. The Morgan fingerprint density at radius 3 is 2.50 bits per heavy atom. The van der Waals surface area contributed by atoms with Crippen molar-refractivity contribution >= 4 is 19.4 Å². The molecule has 1 aliphatic heterocycles. The number of piperidine rings is 1. The molecule has 1 aliphatic rings. The van der Waals surface area contributed by atoms with Gasteiger partial charge in [0.15, 0.2) is 5.67 Å². The van der Waals surface area contributed by atoms with E-state index in [1.165, 1.54) is 6.20 Å². The summed E-state index contributed by atoms with van der Waals surface area (Å²) in [6.45, 7) is 7.88. The van der Waals surface area contributed by atoms with E-state index in [1.54, 1.807) is 17.9 Å². The lowest BCUT2D eigenvalue weighted by Crippen LogP contribution is -2.45. The Morgan fingerprint density at radius 2 is 2.00 bits per heavy atom. The molecule has 1 amide bonds. The first-order chi connectivity index (χ1) is 10.1. The van der Waals surface area contributed by atoms with Crippen molar-refractivity contribution < 1.29 is 13.9 Å². The second kappa shape index (κ2) is 5.90. The van der Waals surface area contributed by atoms with Crippen LogP contribution in [0.15, 0.2) is 12.3 Å². The summed E-state index contributed by atoms with van der Waals surface area (Å²) in [7, 11) is 5.67. The van der Waals surface area contributed by atoms with Gasteiger partial charge < -0.3 is 9.64 Å². The van der Waals surface area contributed by atoms with Gasteiger partial charge in [0.2, 0.25) is 0 Å². The summed E-state index contributed by atoms with van der Waals surface area (Å²) in [4.78, 5) is 17.7. The number of hydrogen-bond acceptors (Lipinski definition) is 3. The highest BCUT2D eigenvalue weighted by atomic mass is 19.1. The number of rotatable bonds is 1. The Bertz CT molecular complexity index is 564.